The second-order valence-corrected chi connectivity index (χ2v) is 4.61. The molecule has 0 aliphatic heterocycles. The average Bonchev–Trinajstić information content (AvgIpc) is 2.53. The molecule has 1 aromatic carbocycles. The second-order valence-electron chi connectivity index (χ2n) is 4.61. The van der Waals surface area contributed by atoms with Crippen LogP contribution in [0.3, 0.4) is 0 Å². The van der Waals surface area contributed by atoms with Crippen LogP contribution >= 0.6 is 0 Å². The average molecular weight is 262 g/mol. The molecule has 2 aromatic heterocycles. The Hall–Kier alpha value is -2.55. The van der Waals surface area contributed by atoms with Gasteiger partial charge in [-0.3, -0.25) is 14.8 Å². The van der Waals surface area contributed by atoms with Crippen LogP contribution in [0.5, 0.6) is 0 Å². The summed E-state index contributed by atoms with van der Waals surface area (Å²) >= 11 is 0. The van der Waals surface area contributed by atoms with Gasteiger partial charge in [0.2, 0.25) is 0 Å². The minimum Gasteiger partial charge on any atom is -0.294 e. The lowest BCUT2D eigenvalue weighted by atomic mass is 10.0. The van der Waals surface area contributed by atoms with Crippen molar-refractivity contribution in [3.8, 4) is 11.3 Å². The highest BCUT2D eigenvalue weighted by Crippen LogP contribution is 2.26. The molecule has 0 bridgehead atoms. The Labute approximate surface area is 117 Å². The highest BCUT2D eigenvalue weighted by molar-refractivity contribution is 5.99. The molecule has 0 radical (unpaired) electrons. The van der Waals surface area contributed by atoms with E-state index in [1.807, 2.05) is 43.5 Å². The third-order valence-electron chi connectivity index (χ3n) is 3.35. The Bertz CT molecular complexity index is 775. The zero-order valence-corrected chi connectivity index (χ0v) is 11.2. The van der Waals surface area contributed by atoms with Crippen molar-refractivity contribution < 1.29 is 4.79 Å². The first-order valence-electron chi connectivity index (χ1n) is 6.62. The lowest BCUT2D eigenvalue weighted by molar-refractivity contribution is 0.0988. The van der Waals surface area contributed by atoms with E-state index in [1.165, 1.54) is 0 Å². The van der Waals surface area contributed by atoms with Gasteiger partial charge in [0.1, 0.15) is 0 Å². The van der Waals surface area contributed by atoms with Gasteiger partial charge in [-0.15, -0.1) is 0 Å². The first kappa shape index (κ1) is 12.5. The monoisotopic (exact) mass is 262 g/mol. The molecule has 3 heteroatoms. The number of nitrogens with zero attached hydrogens (tertiary/aromatic N) is 2. The number of carbonyl (C=O) groups is 1. The van der Waals surface area contributed by atoms with Crippen molar-refractivity contribution in [2.75, 3.05) is 0 Å². The minimum absolute atomic E-state index is 0.127. The molecule has 0 atom stereocenters. The summed E-state index contributed by atoms with van der Waals surface area (Å²) in [6, 6.07) is 11.6. The number of Topliss-reactive ketones (excluding diaryl/α,β-unsaturated/α-hetero) is 1. The van der Waals surface area contributed by atoms with Crippen molar-refractivity contribution >= 4 is 16.6 Å². The number of pyridine rings is 2. The first-order chi connectivity index (χ1) is 9.79. The van der Waals surface area contributed by atoms with E-state index in [-0.39, 0.29) is 5.78 Å². The van der Waals surface area contributed by atoms with E-state index in [2.05, 4.69) is 9.97 Å². The molecule has 98 valence electrons. The number of benzene rings is 1. The molecule has 0 spiro atoms. The van der Waals surface area contributed by atoms with Crippen molar-refractivity contribution in [2.45, 2.75) is 13.3 Å². The second kappa shape index (κ2) is 5.21. The van der Waals surface area contributed by atoms with Crippen LogP contribution < -0.4 is 0 Å². The van der Waals surface area contributed by atoms with Gasteiger partial charge in [-0.25, -0.2) is 0 Å². The third-order valence-corrected chi connectivity index (χ3v) is 3.35. The van der Waals surface area contributed by atoms with Crippen LogP contribution in [0.15, 0.2) is 55.0 Å². The zero-order valence-electron chi connectivity index (χ0n) is 11.2. The molecule has 0 saturated carbocycles. The van der Waals surface area contributed by atoms with E-state index >= 15 is 0 Å². The smallest absolute Gasteiger partial charge is 0.162 e. The van der Waals surface area contributed by atoms with Gasteiger partial charge < -0.3 is 0 Å². The van der Waals surface area contributed by atoms with Crippen molar-refractivity contribution in [3.05, 3.63) is 60.6 Å². The van der Waals surface area contributed by atoms with E-state index in [0.717, 1.165) is 22.0 Å². The standard InChI is InChI=1S/C17H14N2O/c1-2-17(20)12-7-8-19-16(9-12)15-11-18-10-13-5-3-4-6-14(13)15/h3-11H,2H2,1H3. The van der Waals surface area contributed by atoms with Gasteiger partial charge in [-0.05, 0) is 17.5 Å². The maximum Gasteiger partial charge on any atom is 0.162 e. The molecule has 0 amide bonds. The minimum atomic E-state index is 0.127. The molecular formula is C17H14N2O. The molecule has 20 heavy (non-hydrogen) atoms. The summed E-state index contributed by atoms with van der Waals surface area (Å²) in [5.74, 6) is 0.127. The van der Waals surface area contributed by atoms with Crippen molar-refractivity contribution in [3.63, 3.8) is 0 Å². The maximum atomic E-state index is 11.8. The number of ketones is 1. The summed E-state index contributed by atoms with van der Waals surface area (Å²) in [6.45, 7) is 1.86. The predicted octanol–water partition coefficient (Wildman–Crippen LogP) is 3.89. The summed E-state index contributed by atoms with van der Waals surface area (Å²) in [6.07, 6.45) is 5.81. The highest BCUT2D eigenvalue weighted by Gasteiger charge is 2.09. The van der Waals surface area contributed by atoms with E-state index in [4.69, 9.17) is 0 Å². The van der Waals surface area contributed by atoms with Gasteiger partial charge in [0.15, 0.2) is 5.78 Å². The normalized spacial score (nSPS) is 10.7. The van der Waals surface area contributed by atoms with Crippen LogP contribution in [-0.2, 0) is 0 Å². The number of fused-ring (bicyclic) bond motifs is 1. The summed E-state index contributed by atoms with van der Waals surface area (Å²) < 4.78 is 0. The molecule has 2 heterocycles. The van der Waals surface area contributed by atoms with Crippen LogP contribution in [0.25, 0.3) is 22.0 Å². The third kappa shape index (κ3) is 2.18. The van der Waals surface area contributed by atoms with Crippen LogP contribution in [-0.4, -0.2) is 15.8 Å². The van der Waals surface area contributed by atoms with Gasteiger partial charge >= 0.3 is 0 Å². The SMILES string of the molecule is CCC(=O)c1ccnc(-c2cncc3ccccc23)c1. The fourth-order valence-corrected chi connectivity index (χ4v) is 2.28. The van der Waals surface area contributed by atoms with E-state index in [9.17, 15) is 4.79 Å². The Morgan fingerprint density at radius 2 is 2.00 bits per heavy atom. The molecule has 0 N–H and O–H groups in total. The molecule has 0 aliphatic rings. The molecule has 3 aromatic rings. The Balaban J connectivity index is 2.18. The molecule has 3 rings (SSSR count). The Kier molecular flexibility index (Phi) is 3.25. The fraction of sp³-hybridized carbons (Fsp3) is 0.118. The van der Waals surface area contributed by atoms with E-state index in [0.29, 0.717) is 12.0 Å². The van der Waals surface area contributed by atoms with Crippen LogP contribution in [0.1, 0.15) is 23.7 Å². The quantitative estimate of drug-likeness (QED) is 0.672. The molecule has 0 saturated heterocycles. The summed E-state index contributed by atoms with van der Waals surface area (Å²) in [4.78, 5) is 20.5. The Morgan fingerprint density at radius 1 is 1.15 bits per heavy atom. The van der Waals surface area contributed by atoms with Gasteiger partial charge in [-0.1, -0.05) is 31.2 Å². The molecular weight excluding hydrogens is 248 g/mol. The van der Waals surface area contributed by atoms with Crippen LogP contribution in [0.2, 0.25) is 0 Å². The van der Waals surface area contributed by atoms with E-state index < -0.39 is 0 Å². The number of hydrogen-bond acceptors (Lipinski definition) is 3. The van der Waals surface area contributed by atoms with Gasteiger partial charge in [0, 0.05) is 41.5 Å². The predicted molar refractivity (Wildman–Crippen MR) is 79.6 cm³/mol. The first-order valence-corrected chi connectivity index (χ1v) is 6.62. The van der Waals surface area contributed by atoms with E-state index in [1.54, 1.807) is 18.5 Å². The fourth-order valence-electron chi connectivity index (χ4n) is 2.28. The highest BCUT2D eigenvalue weighted by atomic mass is 16.1. The van der Waals surface area contributed by atoms with Gasteiger partial charge in [0.25, 0.3) is 0 Å². The summed E-state index contributed by atoms with van der Waals surface area (Å²) in [5.41, 5.74) is 2.44. The van der Waals surface area contributed by atoms with Crippen molar-refractivity contribution in [1.29, 1.82) is 0 Å². The topological polar surface area (TPSA) is 42.9 Å². The lowest BCUT2D eigenvalue weighted by Gasteiger charge is -2.06. The number of hydrogen-bond donors (Lipinski definition) is 0. The van der Waals surface area contributed by atoms with Gasteiger partial charge in [-0.2, -0.15) is 0 Å². The largest absolute Gasteiger partial charge is 0.294 e. The molecule has 0 fully saturated rings. The summed E-state index contributed by atoms with van der Waals surface area (Å²) in [5, 5.41) is 2.16. The lowest BCUT2D eigenvalue weighted by Crippen LogP contribution is -1.98. The number of carbonyl (C=O) groups excluding carboxylic acids is 1. The molecule has 0 aliphatic carbocycles. The van der Waals surface area contributed by atoms with Gasteiger partial charge in [0.05, 0.1) is 5.69 Å². The zero-order chi connectivity index (χ0) is 13.9. The molecule has 3 nitrogen and oxygen atoms in total. The molecule has 0 unspecified atom stereocenters. The summed E-state index contributed by atoms with van der Waals surface area (Å²) in [7, 11) is 0. The number of rotatable bonds is 3. The Morgan fingerprint density at radius 3 is 2.85 bits per heavy atom. The van der Waals surface area contributed by atoms with Crippen molar-refractivity contribution in [1.82, 2.24) is 9.97 Å². The van der Waals surface area contributed by atoms with Crippen LogP contribution in [0.4, 0.5) is 0 Å². The van der Waals surface area contributed by atoms with Crippen LogP contribution in [0, 0.1) is 0 Å². The number of aromatic nitrogens is 2. The van der Waals surface area contributed by atoms with Crippen molar-refractivity contribution in [2.24, 2.45) is 0 Å². The maximum absolute atomic E-state index is 11.8.